The molecule has 2 aromatic carbocycles. The summed E-state index contributed by atoms with van der Waals surface area (Å²) in [6, 6.07) is 9.87. The minimum atomic E-state index is -4.59. The highest BCUT2D eigenvalue weighted by Gasteiger charge is 2.31. The second kappa shape index (κ2) is 9.05. The van der Waals surface area contributed by atoms with Crippen LogP contribution in [0.3, 0.4) is 0 Å². The maximum absolute atomic E-state index is 13.4. The zero-order chi connectivity index (χ0) is 23.6. The topological polar surface area (TPSA) is 73.3 Å². The Balaban J connectivity index is 1.76. The van der Waals surface area contributed by atoms with Gasteiger partial charge >= 0.3 is 12.1 Å². The molecule has 0 radical (unpaired) electrons. The van der Waals surface area contributed by atoms with Crippen LogP contribution in [-0.4, -0.2) is 35.8 Å². The fourth-order valence-corrected chi connectivity index (χ4v) is 3.24. The standard InChI is InChI=1S/C23H19F4N3O3/c1-32-22(31)19-21(28-11-18(29-19)14-5-6-14)30-17-4-2-3-16(13-7-9-15(24)10-8-13)20(17)33-12-23(25,26)27/h2-4,7-11,14H,5-6,12H2,1H3,(H,28,30). The van der Waals surface area contributed by atoms with Gasteiger partial charge < -0.3 is 14.8 Å². The minimum Gasteiger partial charge on any atom is -0.481 e. The van der Waals surface area contributed by atoms with Gasteiger partial charge in [0.2, 0.25) is 0 Å². The molecule has 1 aliphatic carbocycles. The summed E-state index contributed by atoms with van der Waals surface area (Å²) in [5.41, 5.74) is 1.43. The van der Waals surface area contributed by atoms with E-state index >= 15 is 0 Å². The molecule has 0 spiro atoms. The largest absolute Gasteiger partial charge is 0.481 e. The number of alkyl halides is 3. The lowest BCUT2D eigenvalue weighted by Crippen LogP contribution is -2.20. The molecule has 0 aliphatic heterocycles. The first-order chi connectivity index (χ1) is 15.7. The SMILES string of the molecule is COC(=O)c1nc(C2CC2)cnc1Nc1cccc(-c2ccc(F)cc2)c1OCC(F)(F)F. The second-order valence-electron chi connectivity index (χ2n) is 7.48. The van der Waals surface area contributed by atoms with Gasteiger partial charge in [-0.15, -0.1) is 0 Å². The number of anilines is 2. The quantitative estimate of drug-likeness (QED) is 0.363. The number of nitrogens with zero attached hydrogens (tertiary/aromatic N) is 2. The summed E-state index contributed by atoms with van der Waals surface area (Å²) in [5.74, 6) is -1.12. The van der Waals surface area contributed by atoms with Gasteiger partial charge in [-0.05, 0) is 36.6 Å². The van der Waals surface area contributed by atoms with Gasteiger partial charge in [0.15, 0.2) is 23.9 Å². The van der Waals surface area contributed by atoms with Crippen LogP contribution in [0.15, 0.2) is 48.7 Å². The van der Waals surface area contributed by atoms with E-state index in [1.165, 1.54) is 43.6 Å². The number of carbonyl (C=O) groups is 1. The molecule has 0 saturated heterocycles. The number of rotatable bonds is 7. The summed E-state index contributed by atoms with van der Waals surface area (Å²) in [4.78, 5) is 20.9. The second-order valence-corrected chi connectivity index (χ2v) is 7.48. The molecule has 0 atom stereocenters. The number of nitrogens with one attached hydrogen (secondary N) is 1. The van der Waals surface area contributed by atoms with Crippen molar-refractivity contribution in [2.24, 2.45) is 0 Å². The van der Waals surface area contributed by atoms with Crippen molar-refractivity contribution >= 4 is 17.5 Å². The highest BCUT2D eigenvalue weighted by atomic mass is 19.4. The van der Waals surface area contributed by atoms with Crippen molar-refractivity contribution < 1.29 is 31.8 Å². The minimum absolute atomic E-state index is 0.0133. The Bertz CT molecular complexity index is 1160. The smallest absolute Gasteiger partial charge is 0.422 e. The van der Waals surface area contributed by atoms with Crippen LogP contribution in [0, 0.1) is 5.82 Å². The van der Waals surface area contributed by atoms with Crippen LogP contribution in [-0.2, 0) is 4.74 Å². The first-order valence-corrected chi connectivity index (χ1v) is 10.1. The number of benzene rings is 2. The number of methoxy groups -OCH3 is 1. The van der Waals surface area contributed by atoms with Crippen molar-refractivity contribution in [2.75, 3.05) is 19.0 Å². The lowest BCUT2D eigenvalue weighted by atomic mass is 10.0. The Hall–Kier alpha value is -3.69. The predicted octanol–water partition coefficient (Wildman–Crippen LogP) is 5.63. The number of hydrogen-bond acceptors (Lipinski definition) is 6. The van der Waals surface area contributed by atoms with E-state index in [0.29, 0.717) is 16.8 Å². The van der Waals surface area contributed by atoms with Gasteiger partial charge in [0.1, 0.15) is 5.82 Å². The predicted molar refractivity (Wildman–Crippen MR) is 112 cm³/mol. The molecule has 1 fully saturated rings. The van der Waals surface area contributed by atoms with Crippen LogP contribution in [0.5, 0.6) is 5.75 Å². The Morgan fingerprint density at radius 1 is 1.15 bits per heavy atom. The summed E-state index contributed by atoms with van der Waals surface area (Å²) in [7, 11) is 1.20. The van der Waals surface area contributed by atoms with E-state index < -0.39 is 24.6 Å². The summed E-state index contributed by atoms with van der Waals surface area (Å²) in [6.07, 6.45) is -1.18. The number of ether oxygens (including phenoxy) is 2. The van der Waals surface area contributed by atoms with Crippen LogP contribution in [0.25, 0.3) is 11.1 Å². The molecule has 1 saturated carbocycles. The van der Waals surface area contributed by atoms with Gasteiger partial charge in [-0.3, -0.25) is 0 Å². The molecule has 10 heteroatoms. The maximum atomic E-state index is 13.4. The average molecular weight is 461 g/mol. The molecular weight excluding hydrogens is 442 g/mol. The van der Waals surface area contributed by atoms with Gasteiger partial charge in [-0.1, -0.05) is 24.3 Å². The first-order valence-electron chi connectivity index (χ1n) is 10.1. The number of aromatic nitrogens is 2. The Morgan fingerprint density at radius 3 is 2.52 bits per heavy atom. The van der Waals surface area contributed by atoms with Crippen LogP contribution in [0.1, 0.15) is 34.9 Å². The molecule has 6 nitrogen and oxygen atoms in total. The summed E-state index contributed by atoms with van der Waals surface area (Å²) < 4.78 is 62.2. The molecule has 1 heterocycles. The van der Waals surface area contributed by atoms with Crippen LogP contribution < -0.4 is 10.1 Å². The lowest BCUT2D eigenvalue weighted by Gasteiger charge is -2.19. The average Bonchev–Trinajstić information content (AvgIpc) is 3.63. The van der Waals surface area contributed by atoms with Gasteiger partial charge in [-0.25, -0.2) is 19.2 Å². The molecule has 1 aromatic heterocycles. The van der Waals surface area contributed by atoms with Crippen molar-refractivity contribution in [3.05, 3.63) is 65.9 Å². The zero-order valence-electron chi connectivity index (χ0n) is 17.4. The van der Waals surface area contributed by atoms with Crippen molar-refractivity contribution in [1.29, 1.82) is 0 Å². The molecule has 172 valence electrons. The highest BCUT2D eigenvalue weighted by molar-refractivity contribution is 5.94. The fourth-order valence-electron chi connectivity index (χ4n) is 3.24. The molecule has 4 rings (SSSR count). The number of esters is 1. The van der Waals surface area contributed by atoms with E-state index in [4.69, 9.17) is 9.47 Å². The molecule has 3 aromatic rings. The molecule has 0 amide bonds. The Kier molecular flexibility index (Phi) is 6.17. The van der Waals surface area contributed by atoms with Gasteiger partial charge in [-0.2, -0.15) is 13.2 Å². The Morgan fingerprint density at radius 2 is 1.88 bits per heavy atom. The van der Waals surface area contributed by atoms with Crippen molar-refractivity contribution in [2.45, 2.75) is 24.9 Å². The third kappa shape index (κ3) is 5.39. The van der Waals surface area contributed by atoms with Crippen molar-refractivity contribution in [3.63, 3.8) is 0 Å². The van der Waals surface area contributed by atoms with Crippen LogP contribution in [0.4, 0.5) is 29.1 Å². The van der Waals surface area contributed by atoms with Crippen molar-refractivity contribution in [3.8, 4) is 16.9 Å². The van der Waals surface area contributed by atoms with E-state index in [1.54, 1.807) is 12.1 Å². The normalized spacial score (nSPS) is 13.5. The van der Waals surface area contributed by atoms with Crippen LogP contribution >= 0.6 is 0 Å². The summed E-state index contributed by atoms with van der Waals surface area (Å²) in [5, 5.41) is 2.86. The van der Waals surface area contributed by atoms with E-state index in [1.807, 2.05) is 0 Å². The number of para-hydroxylation sites is 1. The third-order valence-corrected chi connectivity index (χ3v) is 4.97. The fraction of sp³-hybridized carbons (Fsp3) is 0.261. The van der Waals surface area contributed by atoms with E-state index in [0.717, 1.165) is 12.8 Å². The summed E-state index contributed by atoms with van der Waals surface area (Å²) >= 11 is 0. The van der Waals surface area contributed by atoms with Gasteiger partial charge in [0.05, 0.1) is 24.7 Å². The van der Waals surface area contributed by atoms with Crippen molar-refractivity contribution in [1.82, 2.24) is 9.97 Å². The lowest BCUT2D eigenvalue weighted by molar-refractivity contribution is -0.153. The summed E-state index contributed by atoms with van der Waals surface area (Å²) in [6.45, 7) is -1.55. The highest BCUT2D eigenvalue weighted by Crippen LogP contribution is 2.41. The molecule has 0 unspecified atom stereocenters. The van der Waals surface area contributed by atoms with E-state index in [2.05, 4.69) is 15.3 Å². The number of hydrogen-bond donors (Lipinski definition) is 1. The third-order valence-electron chi connectivity index (χ3n) is 4.97. The molecule has 33 heavy (non-hydrogen) atoms. The Labute approximate surface area is 186 Å². The molecule has 0 bridgehead atoms. The number of carbonyl (C=O) groups excluding carboxylic acids is 1. The first kappa shape index (κ1) is 22.5. The van der Waals surface area contributed by atoms with Gasteiger partial charge in [0, 0.05) is 11.5 Å². The number of halogens is 4. The molecule has 1 N–H and O–H groups in total. The zero-order valence-corrected chi connectivity index (χ0v) is 17.4. The maximum Gasteiger partial charge on any atom is 0.422 e. The monoisotopic (exact) mass is 461 g/mol. The van der Waals surface area contributed by atoms with E-state index in [9.17, 15) is 22.4 Å². The van der Waals surface area contributed by atoms with Crippen LogP contribution in [0.2, 0.25) is 0 Å². The molecule has 1 aliphatic rings. The van der Waals surface area contributed by atoms with Gasteiger partial charge in [0.25, 0.3) is 0 Å². The molecular formula is C23H19F4N3O3. The van der Waals surface area contributed by atoms with E-state index in [-0.39, 0.29) is 28.9 Å².